The molecule has 2 atom stereocenters. The Morgan fingerprint density at radius 3 is 2.53 bits per heavy atom. The Kier molecular flexibility index (Phi) is 6.15. The minimum absolute atomic E-state index is 0.141. The molecule has 0 aromatic carbocycles. The molecule has 1 amide bonds. The van der Waals surface area contributed by atoms with Gasteiger partial charge in [0.05, 0.1) is 6.10 Å². The second-order valence-corrected chi connectivity index (χ2v) is 6.53. The third-order valence-corrected chi connectivity index (χ3v) is 4.83. The predicted octanol–water partition coefficient (Wildman–Crippen LogP) is 3.01. The first-order valence-corrected chi connectivity index (χ1v) is 8.19. The van der Waals surface area contributed by atoms with Gasteiger partial charge in [-0.15, -0.1) is 0 Å². The van der Waals surface area contributed by atoms with Crippen LogP contribution in [0, 0.1) is 11.8 Å². The molecule has 2 rings (SSSR count). The molecule has 110 valence electrons. The fourth-order valence-corrected chi connectivity index (χ4v) is 3.64. The van der Waals surface area contributed by atoms with Gasteiger partial charge in [0.25, 0.3) is 0 Å². The number of hydrogen-bond acceptors (Lipinski definition) is 2. The molecule has 2 unspecified atom stereocenters. The molecular formula is C16H29NO2. The second kappa shape index (κ2) is 7.88. The average molecular weight is 267 g/mol. The van der Waals surface area contributed by atoms with Crippen LogP contribution in [-0.4, -0.2) is 23.7 Å². The van der Waals surface area contributed by atoms with Crippen molar-refractivity contribution in [2.75, 3.05) is 6.54 Å². The highest BCUT2D eigenvalue weighted by Crippen LogP contribution is 2.29. The Bertz CT molecular complexity index is 274. The molecular weight excluding hydrogens is 238 g/mol. The summed E-state index contributed by atoms with van der Waals surface area (Å²) in [5.41, 5.74) is 0. The van der Waals surface area contributed by atoms with Gasteiger partial charge in [0.1, 0.15) is 0 Å². The van der Waals surface area contributed by atoms with Crippen molar-refractivity contribution in [3.05, 3.63) is 0 Å². The summed E-state index contributed by atoms with van der Waals surface area (Å²) in [5.74, 6) is 1.59. The van der Waals surface area contributed by atoms with E-state index in [1.807, 2.05) is 0 Å². The molecule has 0 bridgehead atoms. The van der Waals surface area contributed by atoms with Crippen LogP contribution in [0.4, 0.5) is 0 Å². The molecule has 0 aromatic heterocycles. The van der Waals surface area contributed by atoms with Gasteiger partial charge >= 0.3 is 0 Å². The van der Waals surface area contributed by atoms with Crippen LogP contribution in [0.3, 0.4) is 0 Å². The highest BCUT2D eigenvalue weighted by atomic mass is 16.3. The van der Waals surface area contributed by atoms with Crippen LogP contribution >= 0.6 is 0 Å². The van der Waals surface area contributed by atoms with E-state index in [0.717, 1.165) is 44.6 Å². The van der Waals surface area contributed by atoms with E-state index in [1.165, 1.54) is 32.1 Å². The summed E-state index contributed by atoms with van der Waals surface area (Å²) >= 11 is 0. The summed E-state index contributed by atoms with van der Waals surface area (Å²) < 4.78 is 0. The van der Waals surface area contributed by atoms with Gasteiger partial charge in [0, 0.05) is 13.0 Å². The molecule has 0 aliphatic heterocycles. The Morgan fingerprint density at radius 1 is 1.05 bits per heavy atom. The van der Waals surface area contributed by atoms with E-state index in [9.17, 15) is 9.90 Å². The van der Waals surface area contributed by atoms with Crippen molar-refractivity contribution >= 4 is 5.91 Å². The zero-order chi connectivity index (χ0) is 13.5. The largest absolute Gasteiger partial charge is 0.393 e. The standard InChI is InChI=1S/C16H29NO2/c18-15-9-3-8-14(11-15)12-17-16(19)10-4-7-13-5-1-2-6-13/h13-15,18H,1-12H2,(H,17,19). The van der Waals surface area contributed by atoms with E-state index in [0.29, 0.717) is 12.3 Å². The quantitative estimate of drug-likeness (QED) is 0.777. The number of carbonyl (C=O) groups excluding carboxylic acids is 1. The van der Waals surface area contributed by atoms with Crippen molar-refractivity contribution in [2.24, 2.45) is 11.8 Å². The average Bonchev–Trinajstić information content (AvgIpc) is 2.90. The van der Waals surface area contributed by atoms with E-state index < -0.39 is 0 Å². The van der Waals surface area contributed by atoms with E-state index in [4.69, 9.17) is 0 Å². The fourth-order valence-electron chi connectivity index (χ4n) is 3.64. The molecule has 0 radical (unpaired) electrons. The zero-order valence-corrected chi connectivity index (χ0v) is 12.1. The first-order chi connectivity index (χ1) is 9.24. The third kappa shape index (κ3) is 5.52. The van der Waals surface area contributed by atoms with Crippen LogP contribution in [-0.2, 0) is 4.79 Å². The summed E-state index contributed by atoms with van der Waals surface area (Å²) in [7, 11) is 0. The summed E-state index contributed by atoms with van der Waals surface area (Å²) in [5, 5.41) is 12.6. The SMILES string of the molecule is O=C(CCCC1CCCC1)NCC1CCCC(O)C1. The molecule has 0 aromatic rings. The molecule has 0 heterocycles. The zero-order valence-electron chi connectivity index (χ0n) is 12.1. The molecule has 2 aliphatic rings. The van der Waals surface area contributed by atoms with Crippen molar-refractivity contribution < 1.29 is 9.90 Å². The van der Waals surface area contributed by atoms with Crippen LogP contribution in [0.2, 0.25) is 0 Å². The van der Waals surface area contributed by atoms with Gasteiger partial charge in [-0.2, -0.15) is 0 Å². The van der Waals surface area contributed by atoms with Crippen LogP contribution < -0.4 is 5.32 Å². The number of amides is 1. The maximum Gasteiger partial charge on any atom is 0.220 e. The van der Waals surface area contributed by atoms with Gasteiger partial charge in [0.15, 0.2) is 0 Å². The topological polar surface area (TPSA) is 49.3 Å². The predicted molar refractivity (Wildman–Crippen MR) is 76.8 cm³/mol. The van der Waals surface area contributed by atoms with Gasteiger partial charge in [0.2, 0.25) is 5.91 Å². The molecule has 0 spiro atoms. The minimum Gasteiger partial charge on any atom is -0.393 e. The summed E-state index contributed by atoms with van der Waals surface area (Å²) in [6, 6.07) is 0. The van der Waals surface area contributed by atoms with E-state index in [2.05, 4.69) is 5.32 Å². The molecule has 3 nitrogen and oxygen atoms in total. The summed E-state index contributed by atoms with van der Waals surface area (Å²) in [6.45, 7) is 0.763. The smallest absolute Gasteiger partial charge is 0.220 e. The lowest BCUT2D eigenvalue weighted by Gasteiger charge is -2.25. The number of aliphatic hydroxyl groups excluding tert-OH is 1. The molecule has 0 saturated heterocycles. The maximum absolute atomic E-state index is 11.8. The lowest BCUT2D eigenvalue weighted by molar-refractivity contribution is -0.121. The van der Waals surface area contributed by atoms with Gasteiger partial charge in [-0.05, 0) is 43.9 Å². The Morgan fingerprint density at radius 2 is 1.79 bits per heavy atom. The van der Waals surface area contributed by atoms with Gasteiger partial charge < -0.3 is 10.4 Å². The Balaban J connectivity index is 1.51. The van der Waals surface area contributed by atoms with Crippen LogP contribution in [0.5, 0.6) is 0 Å². The highest BCUT2D eigenvalue weighted by molar-refractivity contribution is 5.75. The number of carbonyl (C=O) groups is 1. The molecule has 19 heavy (non-hydrogen) atoms. The van der Waals surface area contributed by atoms with E-state index in [-0.39, 0.29) is 12.0 Å². The maximum atomic E-state index is 11.8. The lowest BCUT2D eigenvalue weighted by Crippen LogP contribution is -2.32. The van der Waals surface area contributed by atoms with Crippen molar-refractivity contribution in [3.63, 3.8) is 0 Å². The number of hydrogen-bond donors (Lipinski definition) is 2. The summed E-state index contributed by atoms with van der Waals surface area (Å²) in [6.07, 6.45) is 12.4. The van der Waals surface area contributed by atoms with Crippen LogP contribution in [0.25, 0.3) is 0 Å². The highest BCUT2D eigenvalue weighted by Gasteiger charge is 2.20. The van der Waals surface area contributed by atoms with Crippen molar-refractivity contribution in [1.82, 2.24) is 5.32 Å². The Hall–Kier alpha value is -0.570. The number of aliphatic hydroxyl groups is 1. The molecule has 2 N–H and O–H groups in total. The van der Waals surface area contributed by atoms with Crippen LogP contribution in [0.15, 0.2) is 0 Å². The first kappa shape index (κ1) is 14.8. The fraction of sp³-hybridized carbons (Fsp3) is 0.938. The van der Waals surface area contributed by atoms with Gasteiger partial charge in [-0.3, -0.25) is 4.79 Å². The Labute approximate surface area is 117 Å². The molecule has 2 aliphatic carbocycles. The molecule has 2 saturated carbocycles. The first-order valence-electron chi connectivity index (χ1n) is 8.19. The van der Waals surface area contributed by atoms with E-state index >= 15 is 0 Å². The van der Waals surface area contributed by atoms with Crippen molar-refractivity contribution in [1.29, 1.82) is 0 Å². The van der Waals surface area contributed by atoms with Crippen molar-refractivity contribution in [3.8, 4) is 0 Å². The summed E-state index contributed by atoms with van der Waals surface area (Å²) in [4.78, 5) is 11.8. The van der Waals surface area contributed by atoms with Gasteiger partial charge in [-0.1, -0.05) is 32.1 Å². The number of rotatable bonds is 6. The van der Waals surface area contributed by atoms with Crippen LogP contribution in [0.1, 0.15) is 70.6 Å². The van der Waals surface area contributed by atoms with Crippen molar-refractivity contribution in [2.45, 2.75) is 76.7 Å². The monoisotopic (exact) mass is 267 g/mol. The second-order valence-electron chi connectivity index (χ2n) is 6.53. The molecule has 2 fully saturated rings. The number of nitrogens with one attached hydrogen (secondary N) is 1. The molecule has 3 heteroatoms. The normalized spacial score (nSPS) is 28.5. The van der Waals surface area contributed by atoms with E-state index in [1.54, 1.807) is 0 Å². The third-order valence-electron chi connectivity index (χ3n) is 4.83. The lowest BCUT2D eigenvalue weighted by atomic mass is 9.87. The minimum atomic E-state index is -0.141. The van der Waals surface area contributed by atoms with Gasteiger partial charge in [-0.25, -0.2) is 0 Å².